The molecule has 6 atom stereocenters. The van der Waals surface area contributed by atoms with Gasteiger partial charge < -0.3 is 39.5 Å². The summed E-state index contributed by atoms with van der Waals surface area (Å²) in [6, 6.07) is 12.5. The standard InChI is InChI=1S/C36H39N3O10/c1-17-30(40)22(39(3)4)14-25(48-17)49-24-16-36(46,18(2)37-38-35(45)19-10-7-6-8-11-19)15-21-27(24)34(44)29-28(32(21)42)31(41)20-12-9-13-23(47-5)26(20)33(29)43/h6-13,17,22,24-25,30,40,42,44,46H,14-16H2,1-5H3,(H,38,45). The number of rotatable bonds is 7. The molecule has 3 aromatic rings. The molecule has 0 spiro atoms. The molecule has 0 radical (unpaired) electrons. The first-order valence-electron chi connectivity index (χ1n) is 15.9. The number of fused-ring (bicyclic) bond motifs is 3. The molecule has 1 fully saturated rings. The number of hydrogen-bond donors (Lipinski definition) is 5. The number of ether oxygens (including phenoxy) is 3. The summed E-state index contributed by atoms with van der Waals surface area (Å²) in [6.07, 6.45) is -4.00. The molecule has 6 rings (SSSR count). The molecule has 1 amide bonds. The number of hydrazone groups is 1. The first-order chi connectivity index (χ1) is 23.3. The topological polar surface area (TPSA) is 187 Å². The van der Waals surface area contributed by atoms with Gasteiger partial charge in [-0.3, -0.25) is 14.4 Å². The molecule has 0 saturated carbocycles. The van der Waals surface area contributed by atoms with Gasteiger partial charge in [0.05, 0.1) is 47.8 Å². The Kier molecular flexibility index (Phi) is 9.07. The van der Waals surface area contributed by atoms with E-state index in [1.54, 1.807) is 43.3 Å². The van der Waals surface area contributed by atoms with Gasteiger partial charge >= 0.3 is 0 Å². The third-order valence-electron chi connectivity index (χ3n) is 9.77. The summed E-state index contributed by atoms with van der Waals surface area (Å²) in [5.41, 5.74) is 0.0860. The summed E-state index contributed by atoms with van der Waals surface area (Å²) in [5.74, 6) is -3.00. The maximum atomic E-state index is 14.0. The van der Waals surface area contributed by atoms with E-state index in [1.807, 2.05) is 19.0 Å². The summed E-state index contributed by atoms with van der Waals surface area (Å²) in [5, 5.41) is 50.7. The van der Waals surface area contributed by atoms with E-state index in [2.05, 4.69) is 10.5 Å². The van der Waals surface area contributed by atoms with E-state index in [0.717, 1.165) is 0 Å². The molecule has 5 N–H and O–H groups in total. The predicted molar refractivity (Wildman–Crippen MR) is 176 cm³/mol. The number of aliphatic hydroxyl groups excluding tert-OH is 1. The Morgan fingerprint density at radius 2 is 1.71 bits per heavy atom. The molecule has 258 valence electrons. The van der Waals surface area contributed by atoms with E-state index in [9.17, 15) is 34.8 Å². The Bertz CT molecular complexity index is 1860. The fourth-order valence-corrected chi connectivity index (χ4v) is 7.02. The number of benzene rings is 3. The van der Waals surface area contributed by atoms with Crippen LogP contribution in [0, 0.1) is 0 Å². The summed E-state index contributed by atoms with van der Waals surface area (Å²) in [7, 11) is 4.98. The molecule has 1 heterocycles. The average Bonchev–Trinajstić information content (AvgIpc) is 3.08. The lowest BCUT2D eigenvalue weighted by Gasteiger charge is -2.44. The summed E-state index contributed by atoms with van der Waals surface area (Å²) in [4.78, 5) is 42.4. The Morgan fingerprint density at radius 3 is 2.39 bits per heavy atom. The van der Waals surface area contributed by atoms with Gasteiger partial charge in [0.15, 0.2) is 12.1 Å². The number of hydrogen-bond acceptors (Lipinski definition) is 12. The number of aliphatic hydroxyl groups is 2. The van der Waals surface area contributed by atoms with Crippen LogP contribution in [-0.2, 0) is 15.9 Å². The highest BCUT2D eigenvalue weighted by Crippen LogP contribution is 2.52. The van der Waals surface area contributed by atoms with Crippen LogP contribution in [-0.4, -0.2) is 99.9 Å². The van der Waals surface area contributed by atoms with E-state index < -0.39 is 70.3 Å². The van der Waals surface area contributed by atoms with Gasteiger partial charge in [0.25, 0.3) is 5.91 Å². The van der Waals surface area contributed by atoms with Crippen molar-refractivity contribution in [2.75, 3.05) is 21.2 Å². The minimum absolute atomic E-state index is 0.00493. The van der Waals surface area contributed by atoms with Crippen LogP contribution < -0.4 is 10.2 Å². The smallest absolute Gasteiger partial charge is 0.271 e. The number of ketones is 2. The Morgan fingerprint density at radius 1 is 1.02 bits per heavy atom. The van der Waals surface area contributed by atoms with Crippen molar-refractivity contribution in [2.45, 2.75) is 69.4 Å². The fraction of sp³-hybridized carbons (Fsp3) is 0.389. The number of aromatic hydroxyl groups is 2. The third kappa shape index (κ3) is 5.87. The van der Waals surface area contributed by atoms with E-state index in [-0.39, 0.29) is 59.0 Å². The molecule has 3 aliphatic rings. The number of phenols is 2. The third-order valence-corrected chi connectivity index (χ3v) is 9.77. The molecule has 1 aliphatic heterocycles. The molecule has 13 nitrogen and oxygen atoms in total. The van der Waals surface area contributed by atoms with E-state index in [0.29, 0.717) is 5.56 Å². The molecule has 1 saturated heterocycles. The minimum Gasteiger partial charge on any atom is -0.507 e. The van der Waals surface area contributed by atoms with Gasteiger partial charge in [0, 0.05) is 47.6 Å². The van der Waals surface area contributed by atoms with E-state index in [1.165, 1.54) is 26.2 Å². The van der Waals surface area contributed by atoms with Crippen LogP contribution in [0.1, 0.15) is 86.1 Å². The van der Waals surface area contributed by atoms with Crippen LogP contribution in [0.25, 0.3) is 0 Å². The van der Waals surface area contributed by atoms with Gasteiger partial charge in [-0.2, -0.15) is 5.10 Å². The van der Waals surface area contributed by atoms with Crippen molar-refractivity contribution in [3.05, 3.63) is 87.5 Å². The number of carbonyl (C=O) groups is 3. The van der Waals surface area contributed by atoms with Gasteiger partial charge in [-0.1, -0.05) is 30.3 Å². The SMILES string of the molecule is COc1cccc2c1C(=O)c1c(O)c3c(c(O)c1C2=O)CC(O)(C(C)=NNC(=O)c1ccccc1)CC3OC1CC(N(C)C)C(O)C(C)O1. The van der Waals surface area contributed by atoms with Crippen molar-refractivity contribution < 1.29 is 49.0 Å². The van der Waals surface area contributed by atoms with Gasteiger partial charge in [-0.15, -0.1) is 0 Å². The molecule has 3 aromatic carbocycles. The number of nitrogens with one attached hydrogen (secondary N) is 1. The zero-order valence-corrected chi connectivity index (χ0v) is 27.8. The van der Waals surface area contributed by atoms with Gasteiger partial charge in [0.1, 0.15) is 22.8 Å². The van der Waals surface area contributed by atoms with Crippen LogP contribution in [0.2, 0.25) is 0 Å². The fourth-order valence-electron chi connectivity index (χ4n) is 7.02. The van der Waals surface area contributed by atoms with Crippen molar-refractivity contribution in [3.63, 3.8) is 0 Å². The van der Waals surface area contributed by atoms with Crippen LogP contribution in [0.4, 0.5) is 0 Å². The number of likely N-dealkylation sites (N-methyl/N-ethyl adjacent to an activating group) is 1. The number of phenolic OH excluding ortho intramolecular Hbond substituents is 2. The van der Waals surface area contributed by atoms with Crippen LogP contribution in [0.5, 0.6) is 17.2 Å². The molecule has 49 heavy (non-hydrogen) atoms. The first-order valence-corrected chi connectivity index (χ1v) is 15.9. The van der Waals surface area contributed by atoms with Crippen molar-refractivity contribution >= 4 is 23.2 Å². The van der Waals surface area contributed by atoms with Crippen LogP contribution in [0.15, 0.2) is 53.6 Å². The lowest BCUT2D eigenvalue weighted by atomic mass is 9.71. The number of carbonyl (C=O) groups excluding carboxylic acids is 3. The van der Waals surface area contributed by atoms with Gasteiger partial charge in [-0.05, 0) is 46.1 Å². The second-order valence-corrected chi connectivity index (χ2v) is 12.9. The Hall–Kier alpha value is -4.66. The van der Waals surface area contributed by atoms with E-state index in [4.69, 9.17) is 14.2 Å². The highest BCUT2D eigenvalue weighted by atomic mass is 16.7. The number of methoxy groups -OCH3 is 1. The highest BCUT2D eigenvalue weighted by Gasteiger charge is 2.49. The zero-order valence-electron chi connectivity index (χ0n) is 27.8. The monoisotopic (exact) mass is 673 g/mol. The maximum Gasteiger partial charge on any atom is 0.271 e. The summed E-state index contributed by atoms with van der Waals surface area (Å²) in [6.45, 7) is 3.19. The number of nitrogens with zero attached hydrogens (tertiary/aromatic N) is 2. The molecule has 0 aromatic heterocycles. The molecule has 6 unspecified atom stereocenters. The van der Waals surface area contributed by atoms with E-state index >= 15 is 0 Å². The van der Waals surface area contributed by atoms with Crippen molar-refractivity contribution in [2.24, 2.45) is 5.10 Å². The van der Waals surface area contributed by atoms with Crippen molar-refractivity contribution in [1.29, 1.82) is 0 Å². The zero-order chi connectivity index (χ0) is 35.4. The van der Waals surface area contributed by atoms with Crippen LogP contribution >= 0.6 is 0 Å². The van der Waals surface area contributed by atoms with Crippen molar-refractivity contribution in [3.8, 4) is 17.2 Å². The Balaban J connectivity index is 1.46. The maximum absolute atomic E-state index is 14.0. The molecule has 2 aliphatic carbocycles. The Labute approximate surface area is 282 Å². The molecular formula is C36H39N3O10. The number of amides is 1. The highest BCUT2D eigenvalue weighted by molar-refractivity contribution is 6.31. The van der Waals surface area contributed by atoms with Gasteiger partial charge in [-0.25, -0.2) is 5.43 Å². The normalized spacial score (nSPS) is 26.5. The summed E-state index contributed by atoms with van der Waals surface area (Å²) < 4.78 is 17.8. The van der Waals surface area contributed by atoms with Gasteiger partial charge in [0.2, 0.25) is 5.78 Å². The van der Waals surface area contributed by atoms with Crippen LogP contribution in [0.3, 0.4) is 0 Å². The molecule has 13 heteroatoms. The summed E-state index contributed by atoms with van der Waals surface area (Å²) >= 11 is 0. The largest absolute Gasteiger partial charge is 0.507 e. The average molecular weight is 674 g/mol. The quantitative estimate of drug-likeness (QED) is 0.110. The van der Waals surface area contributed by atoms with Crippen molar-refractivity contribution in [1.82, 2.24) is 10.3 Å². The molecular weight excluding hydrogens is 634 g/mol. The minimum atomic E-state index is -1.87. The lowest BCUT2D eigenvalue weighted by Crippen LogP contribution is -2.54. The first kappa shape index (κ1) is 34.2. The lowest BCUT2D eigenvalue weighted by molar-refractivity contribution is -0.255. The second-order valence-electron chi connectivity index (χ2n) is 12.9. The predicted octanol–water partition coefficient (Wildman–Crippen LogP) is 2.85. The second kappa shape index (κ2) is 13.0. The molecule has 0 bridgehead atoms.